The van der Waals surface area contributed by atoms with Crippen molar-refractivity contribution in [3.05, 3.63) is 54.1 Å². The highest BCUT2D eigenvalue weighted by atomic mass is 16.5. The Morgan fingerprint density at radius 2 is 1.71 bits per heavy atom. The van der Waals surface area contributed by atoms with Crippen molar-refractivity contribution in [1.82, 2.24) is 19.9 Å². The third-order valence-electron chi connectivity index (χ3n) is 4.76. The van der Waals surface area contributed by atoms with E-state index >= 15 is 0 Å². The van der Waals surface area contributed by atoms with Crippen molar-refractivity contribution >= 4 is 11.0 Å². The van der Waals surface area contributed by atoms with Crippen LogP contribution in [0, 0.1) is 0 Å². The largest absolute Gasteiger partial charge is 0.497 e. The molecule has 2 aromatic carbocycles. The molecule has 1 aliphatic rings. The first-order valence-electron chi connectivity index (χ1n) is 8.55. The molecule has 2 heterocycles. The second-order valence-corrected chi connectivity index (χ2v) is 6.27. The van der Waals surface area contributed by atoms with Gasteiger partial charge in [-0.15, -0.1) is 5.10 Å². The number of aromatic nitrogens is 3. The summed E-state index contributed by atoms with van der Waals surface area (Å²) in [5.74, 6) is 0.875. The molecule has 4 rings (SSSR count). The molecule has 1 atom stereocenters. The van der Waals surface area contributed by atoms with Crippen molar-refractivity contribution in [3.8, 4) is 5.75 Å². The van der Waals surface area contributed by atoms with E-state index in [2.05, 4.69) is 38.1 Å². The fourth-order valence-corrected chi connectivity index (χ4v) is 3.51. The second kappa shape index (κ2) is 6.61. The Bertz CT molecular complexity index is 806. The molecule has 0 aliphatic carbocycles. The average Bonchev–Trinajstić information content (AvgIpc) is 3.07. The van der Waals surface area contributed by atoms with E-state index in [-0.39, 0.29) is 6.17 Å². The van der Waals surface area contributed by atoms with Crippen molar-refractivity contribution in [2.24, 2.45) is 0 Å². The number of fused-ring (bicyclic) bond motifs is 1. The molecular formula is C19H22N4O. The minimum Gasteiger partial charge on any atom is -0.497 e. The van der Waals surface area contributed by atoms with Gasteiger partial charge in [0.05, 0.1) is 12.6 Å². The first-order chi connectivity index (χ1) is 11.9. The number of benzene rings is 2. The summed E-state index contributed by atoms with van der Waals surface area (Å²) < 4.78 is 7.36. The predicted octanol–water partition coefficient (Wildman–Crippen LogP) is 3.47. The summed E-state index contributed by atoms with van der Waals surface area (Å²) in [5.41, 5.74) is 3.23. The zero-order valence-electron chi connectivity index (χ0n) is 13.9. The van der Waals surface area contributed by atoms with Crippen LogP contribution in [-0.2, 0) is 0 Å². The SMILES string of the molecule is COc1ccc(C(N2CCCCC2)n2nnc3ccccc32)cc1. The summed E-state index contributed by atoms with van der Waals surface area (Å²) in [6.45, 7) is 2.18. The van der Waals surface area contributed by atoms with Crippen LogP contribution < -0.4 is 4.74 Å². The number of para-hydroxylation sites is 1. The summed E-state index contributed by atoms with van der Waals surface area (Å²) in [7, 11) is 1.70. The summed E-state index contributed by atoms with van der Waals surface area (Å²) in [6.07, 6.45) is 3.85. The van der Waals surface area contributed by atoms with E-state index in [9.17, 15) is 0 Å². The summed E-state index contributed by atoms with van der Waals surface area (Å²) in [5, 5.41) is 8.84. The summed E-state index contributed by atoms with van der Waals surface area (Å²) in [4.78, 5) is 2.51. The molecule has 0 bridgehead atoms. The van der Waals surface area contributed by atoms with E-state index in [4.69, 9.17) is 4.74 Å². The zero-order chi connectivity index (χ0) is 16.4. The van der Waals surface area contributed by atoms with Crippen LogP contribution in [0.25, 0.3) is 11.0 Å². The fraction of sp³-hybridized carbons (Fsp3) is 0.368. The molecule has 124 valence electrons. The zero-order valence-corrected chi connectivity index (χ0v) is 13.9. The standard InChI is InChI=1S/C19H22N4O/c1-24-16-11-9-15(10-12-16)19(22-13-5-2-6-14-22)23-18-8-4-3-7-17(18)20-21-23/h3-4,7-12,19H,2,5-6,13-14H2,1H3. The second-order valence-electron chi connectivity index (χ2n) is 6.27. The lowest BCUT2D eigenvalue weighted by molar-refractivity contribution is 0.133. The Labute approximate surface area is 141 Å². The van der Waals surface area contributed by atoms with Crippen molar-refractivity contribution in [1.29, 1.82) is 0 Å². The van der Waals surface area contributed by atoms with E-state index in [1.165, 1.54) is 24.8 Å². The van der Waals surface area contributed by atoms with Gasteiger partial charge < -0.3 is 4.74 Å². The quantitative estimate of drug-likeness (QED) is 0.738. The van der Waals surface area contributed by atoms with E-state index in [1.54, 1.807) is 7.11 Å². The van der Waals surface area contributed by atoms with E-state index in [0.717, 1.165) is 29.9 Å². The topological polar surface area (TPSA) is 43.2 Å². The van der Waals surface area contributed by atoms with Gasteiger partial charge in [0.1, 0.15) is 17.4 Å². The highest BCUT2D eigenvalue weighted by molar-refractivity contribution is 5.74. The molecule has 0 saturated carbocycles. The third-order valence-corrected chi connectivity index (χ3v) is 4.76. The molecule has 0 N–H and O–H groups in total. The number of methoxy groups -OCH3 is 1. The fourth-order valence-electron chi connectivity index (χ4n) is 3.51. The maximum absolute atomic E-state index is 5.31. The number of hydrogen-bond donors (Lipinski definition) is 0. The van der Waals surface area contributed by atoms with E-state index < -0.39 is 0 Å². The van der Waals surface area contributed by atoms with Crippen LogP contribution >= 0.6 is 0 Å². The molecule has 1 aliphatic heterocycles. The molecule has 1 saturated heterocycles. The predicted molar refractivity (Wildman–Crippen MR) is 94.1 cm³/mol. The van der Waals surface area contributed by atoms with Gasteiger partial charge in [-0.3, -0.25) is 4.90 Å². The van der Waals surface area contributed by atoms with Gasteiger partial charge in [-0.05, 0) is 42.7 Å². The minimum atomic E-state index is 0.0728. The van der Waals surface area contributed by atoms with Crippen LogP contribution in [0.5, 0.6) is 5.75 Å². The smallest absolute Gasteiger partial charge is 0.132 e. The van der Waals surface area contributed by atoms with Crippen molar-refractivity contribution in [3.63, 3.8) is 0 Å². The van der Waals surface area contributed by atoms with Crippen LogP contribution in [0.2, 0.25) is 0 Å². The van der Waals surface area contributed by atoms with E-state index in [1.807, 2.05) is 30.3 Å². The maximum Gasteiger partial charge on any atom is 0.132 e. The van der Waals surface area contributed by atoms with Gasteiger partial charge in [-0.25, -0.2) is 4.68 Å². The number of ether oxygens (including phenoxy) is 1. The lowest BCUT2D eigenvalue weighted by Gasteiger charge is -2.34. The molecule has 0 radical (unpaired) electrons. The normalized spacial score (nSPS) is 17.0. The Morgan fingerprint density at radius 1 is 0.958 bits per heavy atom. The first-order valence-corrected chi connectivity index (χ1v) is 8.55. The Balaban J connectivity index is 1.79. The summed E-state index contributed by atoms with van der Waals surface area (Å²) in [6, 6.07) is 16.5. The Kier molecular flexibility index (Phi) is 4.17. The molecule has 5 nitrogen and oxygen atoms in total. The lowest BCUT2D eigenvalue weighted by Crippen LogP contribution is -2.38. The highest BCUT2D eigenvalue weighted by Gasteiger charge is 2.26. The number of rotatable bonds is 4. The third kappa shape index (κ3) is 2.76. The molecule has 1 fully saturated rings. The molecule has 1 unspecified atom stereocenters. The van der Waals surface area contributed by atoms with Gasteiger partial charge in [-0.1, -0.05) is 35.9 Å². The Morgan fingerprint density at radius 3 is 2.46 bits per heavy atom. The molecular weight excluding hydrogens is 300 g/mol. The molecule has 3 aromatic rings. The monoisotopic (exact) mass is 322 g/mol. The van der Waals surface area contributed by atoms with Crippen LogP contribution in [-0.4, -0.2) is 40.1 Å². The lowest BCUT2D eigenvalue weighted by atomic mass is 10.1. The van der Waals surface area contributed by atoms with Crippen molar-refractivity contribution < 1.29 is 4.74 Å². The van der Waals surface area contributed by atoms with Crippen molar-refractivity contribution in [2.45, 2.75) is 25.4 Å². The van der Waals surface area contributed by atoms with Crippen LogP contribution in [0.1, 0.15) is 31.0 Å². The van der Waals surface area contributed by atoms with Gasteiger partial charge in [0, 0.05) is 13.1 Å². The molecule has 5 heteroatoms. The number of likely N-dealkylation sites (tertiary alicyclic amines) is 1. The molecule has 24 heavy (non-hydrogen) atoms. The number of piperidine rings is 1. The van der Waals surface area contributed by atoms with Crippen LogP contribution in [0.15, 0.2) is 48.5 Å². The maximum atomic E-state index is 5.31. The Hall–Kier alpha value is -2.40. The van der Waals surface area contributed by atoms with E-state index in [0.29, 0.717) is 0 Å². The van der Waals surface area contributed by atoms with Crippen molar-refractivity contribution in [2.75, 3.05) is 20.2 Å². The van der Waals surface area contributed by atoms with Crippen LogP contribution in [0.4, 0.5) is 0 Å². The van der Waals surface area contributed by atoms with Gasteiger partial charge in [-0.2, -0.15) is 0 Å². The van der Waals surface area contributed by atoms with Gasteiger partial charge in [0.2, 0.25) is 0 Å². The number of hydrogen-bond acceptors (Lipinski definition) is 4. The highest BCUT2D eigenvalue weighted by Crippen LogP contribution is 2.29. The summed E-state index contributed by atoms with van der Waals surface area (Å²) >= 11 is 0. The van der Waals surface area contributed by atoms with Gasteiger partial charge >= 0.3 is 0 Å². The first kappa shape index (κ1) is 15.1. The van der Waals surface area contributed by atoms with Gasteiger partial charge in [0.15, 0.2) is 0 Å². The molecule has 0 amide bonds. The average molecular weight is 322 g/mol. The van der Waals surface area contributed by atoms with Crippen LogP contribution in [0.3, 0.4) is 0 Å². The number of nitrogens with zero attached hydrogens (tertiary/aromatic N) is 4. The molecule has 1 aromatic heterocycles. The van der Waals surface area contributed by atoms with Gasteiger partial charge in [0.25, 0.3) is 0 Å². The minimum absolute atomic E-state index is 0.0728. The molecule has 0 spiro atoms.